The van der Waals surface area contributed by atoms with E-state index >= 15 is 0 Å². The van der Waals surface area contributed by atoms with Crippen molar-refractivity contribution < 1.29 is 18.1 Å². The number of nitro groups is 1. The van der Waals surface area contributed by atoms with Crippen molar-refractivity contribution in [2.45, 2.75) is 43.5 Å². The number of nitro benzene ring substituents is 1. The largest absolute Gasteiger partial charge is 0.349 e. The van der Waals surface area contributed by atoms with Gasteiger partial charge in [0.25, 0.3) is 5.69 Å². The number of benzene rings is 2. The molecule has 1 unspecified atom stereocenters. The van der Waals surface area contributed by atoms with E-state index in [1.807, 2.05) is 24.3 Å². The Balaban J connectivity index is 1.42. The lowest BCUT2D eigenvalue weighted by molar-refractivity contribution is -0.385. The van der Waals surface area contributed by atoms with Crippen LogP contribution in [0, 0.1) is 28.9 Å². The normalized spacial score (nSPS) is 18.6. The first-order chi connectivity index (χ1) is 15.7. The number of carbonyl (C=O) groups excluding carboxylic acids is 1. The number of non-ortho nitro benzene ring substituents is 1. The van der Waals surface area contributed by atoms with E-state index < -0.39 is 14.9 Å². The molecule has 33 heavy (non-hydrogen) atoms. The third-order valence-corrected chi connectivity index (χ3v) is 8.74. The van der Waals surface area contributed by atoms with Crippen LogP contribution in [0.25, 0.3) is 0 Å². The molecule has 2 aliphatic rings. The monoisotopic (exact) mass is 491 g/mol. The van der Waals surface area contributed by atoms with Crippen LogP contribution in [-0.4, -0.2) is 36.6 Å². The Hall–Kier alpha value is -2.49. The fraction of sp³-hybridized carbons (Fsp3) is 0.435. The molecule has 1 saturated heterocycles. The number of carbonyl (C=O) groups is 1. The van der Waals surface area contributed by atoms with Crippen LogP contribution >= 0.6 is 11.6 Å². The van der Waals surface area contributed by atoms with Crippen molar-refractivity contribution >= 4 is 33.2 Å². The number of hydrogen-bond acceptors (Lipinski definition) is 5. The molecule has 1 amide bonds. The molecule has 2 aromatic carbocycles. The molecule has 0 bridgehead atoms. The standard InChI is InChI=1S/C23H26ClN3O5S/c1-15-2-9-20(27(29)30)14-21(15)33(31,32)26-12-10-18(11-13-26)23(28)25-22(16-3-4-16)17-5-7-19(24)8-6-17/h2,5-9,14,16,18,22H,3-4,10-13H2,1H3,(H,25,28). The highest BCUT2D eigenvalue weighted by atomic mass is 35.5. The van der Waals surface area contributed by atoms with Crippen LogP contribution < -0.4 is 5.32 Å². The van der Waals surface area contributed by atoms with Gasteiger partial charge in [0.15, 0.2) is 0 Å². The molecule has 0 radical (unpaired) electrons. The third kappa shape index (κ3) is 5.20. The molecule has 2 fully saturated rings. The number of hydrogen-bond donors (Lipinski definition) is 1. The number of rotatable bonds is 7. The summed E-state index contributed by atoms with van der Waals surface area (Å²) in [7, 11) is -3.89. The highest BCUT2D eigenvalue weighted by Gasteiger charge is 2.37. The molecule has 10 heteroatoms. The molecule has 1 aliphatic heterocycles. The molecule has 2 aromatic rings. The molecule has 0 spiro atoms. The van der Waals surface area contributed by atoms with Gasteiger partial charge in [-0.05, 0) is 61.8 Å². The lowest BCUT2D eigenvalue weighted by Crippen LogP contribution is -2.44. The Morgan fingerprint density at radius 2 is 1.76 bits per heavy atom. The smallest absolute Gasteiger partial charge is 0.270 e. The van der Waals surface area contributed by atoms with Gasteiger partial charge in [0.05, 0.1) is 15.9 Å². The van der Waals surface area contributed by atoms with Crippen molar-refractivity contribution in [3.05, 3.63) is 68.7 Å². The molecular weight excluding hydrogens is 466 g/mol. The summed E-state index contributed by atoms with van der Waals surface area (Å²) >= 11 is 5.99. The minimum Gasteiger partial charge on any atom is -0.349 e. The summed E-state index contributed by atoms with van der Waals surface area (Å²) in [6.45, 7) is 2.00. The SMILES string of the molecule is Cc1ccc([N+](=O)[O-])cc1S(=O)(=O)N1CCC(C(=O)NC(c2ccc(Cl)cc2)C2CC2)CC1. The predicted molar refractivity (Wildman–Crippen MR) is 124 cm³/mol. The van der Waals surface area contributed by atoms with E-state index in [9.17, 15) is 23.3 Å². The average Bonchev–Trinajstić information content (AvgIpc) is 3.63. The molecule has 176 valence electrons. The lowest BCUT2D eigenvalue weighted by atomic mass is 9.95. The van der Waals surface area contributed by atoms with Gasteiger partial charge in [-0.1, -0.05) is 29.8 Å². The highest BCUT2D eigenvalue weighted by Crippen LogP contribution is 2.41. The van der Waals surface area contributed by atoms with Gasteiger partial charge in [-0.3, -0.25) is 14.9 Å². The lowest BCUT2D eigenvalue weighted by Gasteiger charge is -2.32. The maximum absolute atomic E-state index is 13.1. The van der Waals surface area contributed by atoms with E-state index in [4.69, 9.17) is 11.6 Å². The number of amides is 1. The molecule has 1 saturated carbocycles. The van der Waals surface area contributed by atoms with E-state index in [0.29, 0.717) is 29.3 Å². The van der Waals surface area contributed by atoms with Crippen molar-refractivity contribution in [1.29, 1.82) is 0 Å². The number of nitrogens with zero attached hydrogens (tertiary/aromatic N) is 2. The molecule has 1 N–H and O–H groups in total. The molecule has 1 heterocycles. The van der Waals surface area contributed by atoms with Crippen LogP contribution in [0.3, 0.4) is 0 Å². The van der Waals surface area contributed by atoms with Crippen LogP contribution in [0.2, 0.25) is 5.02 Å². The maximum atomic E-state index is 13.1. The zero-order chi connectivity index (χ0) is 23.8. The van der Waals surface area contributed by atoms with E-state index in [0.717, 1.165) is 24.5 Å². The summed E-state index contributed by atoms with van der Waals surface area (Å²) in [6, 6.07) is 11.3. The maximum Gasteiger partial charge on any atom is 0.270 e. The van der Waals surface area contributed by atoms with E-state index in [2.05, 4.69) is 5.32 Å². The number of aryl methyl sites for hydroxylation is 1. The van der Waals surface area contributed by atoms with E-state index in [1.165, 1.54) is 16.4 Å². The van der Waals surface area contributed by atoms with Crippen molar-refractivity contribution in [3.8, 4) is 0 Å². The van der Waals surface area contributed by atoms with Crippen molar-refractivity contribution in [1.82, 2.24) is 9.62 Å². The Morgan fingerprint density at radius 1 is 1.12 bits per heavy atom. The fourth-order valence-corrected chi connectivity index (χ4v) is 6.16. The van der Waals surface area contributed by atoms with Gasteiger partial charge in [0, 0.05) is 36.2 Å². The molecule has 4 rings (SSSR count). The number of sulfonamides is 1. The average molecular weight is 492 g/mol. The summed E-state index contributed by atoms with van der Waals surface area (Å²) in [6.07, 6.45) is 2.92. The topological polar surface area (TPSA) is 110 Å². The van der Waals surface area contributed by atoms with Crippen molar-refractivity contribution in [2.24, 2.45) is 11.8 Å². The minimum atomic E-state index is -3.89. The second-order valence-corrected chi connectivity index (χ2v) is 11.1. The third-order valence-electron chi connectivity index (χ3n) is 6.45. The molecule has 1 aliphatic carbocycles. The first kappa shape index (κ1) is 23.7. The Kier molecular flexibility index (Phi) is 6.74. The van der Waals surface area contributed by atoms with Crippen LogP contribution in [0.15, 0.2) is 47.4 Å². The molecule has 1 atom stereocenters. The Morgan fingerprint density at radius 3 is 2.33 bits per heavy atom. The van der Waals surface area contributed by atoms with Crippen LogP contribution in [0.1, 0.15) is 42.9 Å². The first-order valence-corrected chi connectivity index (χ1v) is 12.8. The zero-order valence-corrected chi connectivity index (χ0v) is 19.8. The van der Waals surface area contributed by atoms with Crippen LogP contribution in [0.5, 0.6) is 0 Å². The molecule has 0 aromatic heterocycles. The summed E-state index contributed by atoms with van der Waals surface area (Å²) in [5.74, 6) is 0.0640. The van der Waals surface area contributed by atoms with Gasteiger partial charge >= 0.3 is 0 Å². The number of halogens is 1. The zero-order valence-electron chi connectivity index (χ0n) is 18.2. The van der Waals surface area contributed by atoms with E-state index in [-0.39, 0.29) is 41.5 Å². The summed E-state index contributed by atoms with van der Waals surface area (Å²) in [4.78, 5) is 23.4. The fourth-order valence-electron chi connectivity index (χ4n) is 4.32. The van der Waals surface area contributed by atoms with Crippen LogP contribution in [0.4, 0.5) is 5.69 Å². The predicted octanol–water partition coefficient (Wildman–Crippen LogP) is 4.22. The van der Waals surface area contributed by atoms with Crippen molar-refractivity contribution in [3.63, 3.8) is 0 Å². The van der Waals surface area contributed by atoms with Crippen LogP contribution in [-0.2, 0) is 14.8 Å². The number of nitrogens with one attached hydrogen (secondary N) is 1. The molecular formula is C23H26ClN3O5S. The summed E-state index contributed by atoms with van der Waals surface area (Å²) < 4.78 is 27.6. The van der Waals surface area contributed by atoms with Gasteiger partial charge in [-0.2, -0.15) is 4.31 Å². The van der Waals surface area contributed by atoms with Gasteiger partial charge in [0.1, 0.15) is 0 Å². The van der Waals surface area contributed by atoms with Gasteiger partial charge in [-0.25, -0.2) is 8.42 Å². The van der Waals surface area contributed by atoms with Gasteiger partial charge < -0.3 is 5.32 Å². The quantitative estimate of drug-likeness (QED) is 0.460. The second-order valence-electron chi connectivity index (χ2n) is 8.76. The highest BCUT2D eigenvalue weighted by molar-refractivity contribution is 7.89. The first-order valence-electron chi connectivity index (χ1n) is 11.0. The Bertz CT molecular complexity index is 1160. The van der Waals surface area contributed by atoms with Gasteiger partial charge in [-0.15, -0.1) is 0 Å². The second kappa shape index (κ2) is 9.40. The minimum absolute atomic E-state index is 0.0591. The van der Waals surface area contributed by atoms with Gasteiger partial charge in [0.2, 0.25) is 15.9 Å². The Labute approximate surface area is 198 Å². The number of piperidine rings is 1. The van der Waals surface area contributed by atoms with E-state index in [1.54, 1.807) is 6.92 Å². The molecule has 8 nitrogen and oxygen atoms in total. The van der Waals surface area contributed by atoms with Crippen molar-refractivity contribution in [2.75, 3.05) is 13.1 Å². The summed E-state index contributed by atoms with van der Waals surface area (Å²) in [5, 5.41) is 14.9. The summed E-state index contributed by atoms with van der Waals surface area (Å²) in [5.41, 5.74) is 1.22.